The number of aliphatic carboxylic acids is 1. The molecule has 0 radical (unpaired) electrons. The molecule has 0 aliphatic carbocycles. The van der Waals surface area contributed by atoms with Gasteiger partial charge < -0.3 is 14.8 Å². The summed E-state index contributed by atoms with van der Waals surface area (Å²) in [7, 11) is 0. The summed E-state index contributed by atoms with van der Waals surface area (Å²) in [4.78, 5) is 23.3. The fourth-order valence-corrected chi connectivity index (χ4v) is 1.79. The van der Waals surface area contributed by atoms with E-state index in [0.717, 1.165) is 6.42 Å². The Bertz CT molecular complexity index is 264. The second-order valence-corrected chi connectivity index (χ2v) is 4.41. The monoisotopic (exact) mass is 283 g/mol. The van der Waals surface area contributed by atoms with Crippen LogP contribution in [-0.2, 0) is 9.59 Å². The maximum Gasteiger partial charge on any atom is 1.00 e. The van der Waals surface area contributed by atoms with Crippen molar-refractivity contribution in [3.63, 3.8) is 0 Å². The van der Waals surface area contributed by atoms with Gasteiger partial charge in [0.15, 0.2) is 0 Å². The number of hydrogen-bond donors (Lipinski definition) is 0. The van der Waals surface area contributed by atoms with Crippen molar-refractivity contribution in [2.75, 3.05) is 13.1 Å². The van der Waals surface area contributed by atoms with Crippen LogP contribution >= 0.6 is 0 Å². The first kappa shape index (κ1) is 21.2. The minimum atomic E-state index is -1.25. The fraction of sp³-hybridized carbons (Fsp3) is 0.846. The van der Waals surface area contributed by atoms with Gasteiger partial charge in [0.1, 0.15) is 6.17 Å². The summed E-state index contributed by atoms with van der Waals surface area (Å²) >= 11 is 0. The van der Waals surface area contributed by atoms with Crippen LogP contribution in [0.1, 0.15) is 52.4 Å². The van der Waals surface area contributed by atoms with Crippen LogP contribution < -0.4 is 34.7 Å². The molecule has 0 aromatic heterocycles. The third kappa shape index (κ3) is 11.4. The van der Waals surface area contributed by atoms with Gasteiger partial charge >= 0.3 is 29.6 Å². The maximum absolute atomic E-state index is 13.1. The van der Waals surface area contributed by atoms with Gasteiger partial charge in [-0.3, -0.25) is 4.79 Å². The van der Waals surface area contributed by atoms with Crippen molar-refractivity contribution < 1.29 is 48.6 Å². The molecule has 4 nitrogen and oxygen atoms in total. The van der Waals surface area contributed by atoms with E-state index in [1.165, 1.54) is 4.90 Å². The summed E-state index contributed by atoms with van der Waals surface area (Å²) in [6.07, 6.45) is 2.64. The van der Waals surface area contributed by atoms with Gasteiger partial charge in [0.25, 0.3) is 0 Å². The Kier molecular flexibility index (Phi) is 14.4. The van der Waals surface area contributed by atoms with Crippen LogP contribution in [0.3, 0.4) is 0 Å². The van der Waals surface area contributed by atoms with E-state index in [-0.39, 0.29) is 48.4 Å². The molecule has 0 saturated carbocycles. The van der Waals surface area contributed by atoms with Crippen LogP contribution in [0.2, 0.25) is 0 Å². The number of unbranched alkanes of at least 4 members (excludes halogenated alkanes) is 1. The van der Waals surface area contributed by atoms with E-state index in [1.54, 1.807) is 6.92 Å². The predicted octanol–water partition coefficient (Wildman–Crippen LogP) is -1.71. The Hall–Kier alpha value is -0.130. The van der Waals surface area contributed by atoms with E-state index >= 15 is 0 Å². The minimum Gasteiger partial charge on any atom is -0.548 e. The first-order valence-electron chi connectivity index (χ1n) is 6.62. The SMILES string of the molecule is CCCC(F)CCCCC(=O)N(CC)CC(=O)[O-].[Na+]. The number of halogens is 1. The van der Waals surface area contributed by atoms with Crippen molar-refractivity contribution in [1.82, 2.24) is 4.90 Å². The van der Waals surface area contributed by atoms with Crippen LogP contribution in [0.5, 0.6) is 0 Å². The average molecular weight is 283 g/mol. The van der Waals surface area contributed by atoms with Crippen molar-refractivity contribution in [1.29, 1.82) is 0 Å². The molecule has 0 spiro atoms. The molecule has 0 rings (SSSR count). The minimum absolute atomic E-state index is 0. The van der Waals surface area contributed by atoms with Crippen molar-refractivity contribution in [3.8, 4) is 0 Å². The zero-order chi connectivity index (χ0) is 14.0. The molecule has 19 heavy (non-hydrogen) atoms. The van der Waals surface area contributed by atoms with E-state index in [9.17, 15) is 19.1 Å². The molecule has 0 N–H and O–H groups in total. The first-order valence-corrected chi connectivity index (χ1v) is 6.62. The zero-order valence-corrected chi connectivity index (χ0v) is 14.3. The van der Waals surface area contributed by atoms with Crippen LogP contribution in [0, 0.1) is 0 Å². The number of amides is 1. The second kappa shape index (κ2) is 12.9. The van der Waals surface area contributed by atoms with Gasteiger partial charge in [0.05, 0.1) is 12.5 Å². The molecule has 6 heteroatoms. The van der Waals surface area contributed by atoms with Gasteiger partial charge in [-0.15, -0.1) is 0 Å². The number of carbonyl (C=O) groups is 2. The Morgan fingerprint density at radius 3 is 2.32 bits per heavy atom. The quantitative estimate of drug-likeness (QED) is 0.354. The summed E-state index contributed by atoms with van der Waals surface area (Å²) in [6.45, 7) is 3.65. The van der Waals surface area contributed by atoms with Gasteiger partial charge in [0.2, 0.25) is 5.91 Å². The molecule has 1 unspecified atom stereocenters. The number of rotatable bonds is 10. The number of hydrogen-bond acceptors (Lipinski definition) is 3. The largest absolute Gasteiger partial charge is 1.00 e. The molecule has 0 fully saturated rings. The number of likely N-dealkylation sites (N-methyl/N-ethyl adjacent to an activating group) is 1. The van der Waals surface area contributed by atoms with Gasteiger partial charge in [-0.25, -0.2) is 4.39 Å². The Morgan fingerprint density at radius 2 is 1.84 bits per heavy atom. The summed E-state index contributed by atoms with van der Waals surface area (Å²) in [6, 6.07) is 0. The zero-order valence-electron chi connectivity index (χ0n) is 12.3. The second-order valence-electron chi connectivity index (χ2n) is 4.41. The summed E-state index contributed by atoms with van der Waals surface area (Å²) < 4.78 is 13.1. The molecular formula is C13H23FNNaO3. The van der Waals surface area contributed by atoms with Crippen LogP contribution in [0.15, 0.2) is 0 Å². The number of carboxylic acids is 1. The molecule has 106 valence electrons. The third-order valence-electron chi connectivity index (χ3n) is 2.81. The van der Waals surface area contributed by atoms with E-state index < -0.39 is 12.1 Å². The number of carbonyl (C=O) groups excluding carboxylic acids is 2. The molecule has 0 aliphatic heterocycles. The van der Waals surface area contributed by atoms with Crippen LogP contribution in [0.4, 0.5) is 4.39 Å². The molecule has 1 atom stereocenters. The van der Waals surface area contributed by atoms with Gasteiger partial charge in [0, 0.05) is 13.0 Å². The van der Waals surface area contributed by atoms with Crippen molar-refractivity contribution in [3.05, 3.63) is 0 Å². The standard InChI is InChI=1S/C13H24FNO3.Na/c1-3-7-11(14)8-5-6-9-12(16)15(4-2)10-13(17)18;/h11H,3-10H2,1-2H3,(H,17,18);/q;+1/p-1. The molecule has 0 aromatic rings. The summed E-state index contributed by atoms with van der Waals surface area (Å²) in [5.41, 5.74) is 0. The van der Waals surface area contributed by atoms with E-state index in [0.29, 0.717) is 32.2 Å². The third-order valence-corrected chi connectivity index (χ3v) is 2.81. The maximum atomic E-state index is 13.1. The Morgan fingerprint density at radius 1 is 1.21 bits per heavy atom. The predicted molar refractivity (Wildman–Crippen MR) is 65.5 cm³/mol. The van der Waals surface area contributed by atoms with Gasteiger partial charge in [-0.1, -0.05) is 19.8 Å². The fourth-order valence-electron chi connectivity index (χ4n) is 1.79. The smallest absolute Gasteiger partial charge is 0.548 e. The molecule has 0 aliphatic rings. The molecule has 0 saturated heterocycles. The van der Waals surface area contributed by atoms with E-state index in [4.69, 9.17) is 0 Å². The normalized spacial score (nSPS) is 11.5. The molecule has 0 aromatic carbocycles. The van der Waals surface area contributed by atoms with Crippen LogP contribution in [-0.4, -0.2) is 36.0 Å². The van der Waals surface area contributed by atoms with Crippen LogP contribution in [0.25, 0.3) is 0 Å². The average Bonchev–Trinajstić information content (AvgIpc) is 2.31. The van der Waals surface area contributed by atoms with Crippen molar-refractivity contribution in [2.45, 2.75) is 58.5 Å². The Labute approximate surface area is 137 Å². The number of alkyl halides is 1. The number of carboxylic acid groups (broad SMARTS) is 1. The Balaban J connectivity index is 0. The molecule has 0 bridgehead atoms. The van der Waals surface area contributed by atoms with Gasteiger partial charge in [-0.2, -0.15) is 0 Å². The number of nitrogens with zero attached hydrogens (tertiary/aromatic N) is 1. The summed E-state index contributed by atoms with van der Waals surface area (Å²) in [5, 5.41) is 10.4. The van der Waals surface area contributed by atoms with Gasteiger partial charge in [-0.05, 0) is 26.2 Å². The summed E-state index contributed by atoms with van der Waals surface area (Å²) in [5.74, 6) is -1.45. The van der Waals surface area contributed by atoms with E-state index in [2.05, 4.69) is 0 Å². The molecule has 0 heterocycles. The molecule has 1 amide bonds. The first-order chi connectivity index (χ1) is 8.51. The van der Waals surface area contributed by atoms with E-state index in [1.807, 2.05) is 6.92 Å². The van der Waals surface area contributed by atoms with Crippen molar-refractivity contribution in [2.24, 2.45) is 0 Å². The topological polar surface area (TPSA) is 60.4 Å². The molecular weight excluding hydrogens is 260 g/mol. The van der Waals surface area contributed by atoms with Crippen molar-refractivity contribution >= 4 is 11.9 Å².